The number of hydrogen-bond donors (Lipinski definition) is 0. The molecule has 1 unspecified atom stereocenters. The second-order valence-electron chi connectivity index (χ2n) is 6.51. The van der Waals surface area contributed by atoms with Gasteiger partial charge in [-0.25, -0.2) is 8.42 Å². The zero-order valence-electron chi connectivity index (χ0n) is 13.9. The normalized spacial score (nSPS) is 22.1. The van der Waals surface area contributed by atoms with Gasteiger partial charge >= 0.3 is 0 Å². The van der Waals surface area contributed by atoms with E-state index in [0.717, 1.165) is 43.0 Å². The molecule has 0 aromatic heterocycles. The van der Waals surface area contributed by atoms with Crippen molar-refractivity contribution in [2.45, 2.75) is 55.9 Å². The molecule has 0 radical (unpaired) electrons. The van der Waals surface area contributed by atoms with Crippen LogP contribution in [0.1, 0.15) is 44.9 Å². The van der Waals surface area contributed by atoms with Gasteiger partial charge in [0, 0.05) is 17.1 Å². The fourth-order valence-corrected chi connectivity index (χ4v) is 6.52. The van der Waals surface area contributed by atoms with Gasteiger partial charge in [-0.05, 0) is 44.6 Å². The summed E-state index contributed by atoms with van der Waals surface area (Å²) in [5.41, 5.74) is 0.926. The third-order valence-electron chi connectivity index (χ3n) is 4.94. The van der Waals surface area contributed by atoms with Crippen LogP contribution in [-0.4, -0.2) is 30.2 Å². The van der Waals surface area contributed by atoms with Crippen LogP contribution in [0.3, 0.4) is 0 Å². The lowest BCUT2D eigenvalue weighted by Crippen LogP contribution is -2.36. The Morgan fingerprint density at radius 3 is 2.52 bits per heavy atom. The second kappa shape index (κ2) is 7.55. The fourth-order valence-electron chi connectivity index (χ4n) is 3.69. The molecule has 3 rings (SSSR count). The quantitative estimate of drug-likeness (QED) is 0.526. The first kappa shape index (κ1) is 18.5. The SMILES string of the molecule is O=[N+]([O-])c1ccccc1S(=O)(=O)N1CCCC1C(Br)=C1CCCCC1. The molecule has 0 spiro atoms. The number of nitrogens with zero attached hydrogens (tertiary/aromatic N) is 2. The average molecular weight is 429 g/mol. The van der Waals surface area contributed by atoms with Gasteiger partial charge in [0.2, 0.25) is 10.0 Å². The van der Waals surface area contributed by atoms with E-state index in [4.69, 9.17) is 0 Å². The number of nitro benzene ring substituents is 1. The molecule has 1 aliphatic carbocycles. The van der Waals surface area contributed by atoms with E-state index in [0.29, 0.717) is 6.54 Å². The fraction of sp³-hybridized carbons (Fsp3) is 0.529. The van der Waals surface area contributed by atoms with Gasteiger partial charge in [-0.15, -0.1) is 0 Å². The smallest absolute Gasteiger partial charge is 0.258 e. The van der Waals surface area contributed by atoms with Crippen molar-refractivity contribution in [3.63, 3.8) is 0 Å². The van der Waals surface area contributed by atoms with Gasteiger partial charge in [0.25, 0.3) is 5.69 Å². The number of hydrogen-bond acceptors (Lipinski definition) is 4. The molecule has 0 bridgehead atoms. The molecule has 6 nitrogen and oxygen atoms in total. The van der Waals surface area contributed by atoms with E-state index in [1.54, 1.807) is 0 Å². The number of rotatable bonds is 4. The van der Waals surface area contributed by atoms with E-state index in [2.05, 4.69) is 15.9 Å². The van der Waals surface area contributed by atoms with Crippen molar-refractivity contribution in [3.05, 3.63) is 44.4 Å². The van der Waals surface area contributed by atoms with Gasteiger partial charge in [0.15, 0.2) is 4.90 Å². The number of para-hydroxylation sites is 1. The van der Waals surface area contributed by atoms with Crippen molar-refractivity contribution in [2.24, 2.45) is 0 Å². The summed E-state index contributed by atoms with van der Waals surface area (Å²) in [5, 5.41) is 11.3. The van der Waals surface area contributed by atoms with E-state index in [9.17, 15) is 18.5 Å². The standard InChI is InChI=1S/C17H21BrN2O4S/c18-17(13-7-2-1-3-8-13)15-10-6-12-19(15)25(23,24)16-11-5-4-9-14(16)20(21)22/h4-5,9,11,15H,1-3,6-8,10,12H2. The molecular weight excluding hydrogens is 408 g/mol. The zero-order valence-corrected chi connectivity index (χ0v) is 16.3. The van der Waals surface area contributed by atoms with Gasteiger partial charge in [-0.3, -0.25) is 10.1 Å². The van der Waals surface area contributed by atoms with Gasteiger partial charge in [-0.1, -0.05) is 40.1 Å². The molecule has 2 fully saturated rings. The van der Waals surface area contributed by atoms with Crippen molar-refractivity contribution < 1.29 is 13.3 Å². The molecule has 1 aliphatic heterocycles. The van der Waals surface area contributed by atoms with Crippen LogP contribution in [0.15, 0.2) is 39.2 Å². The van der Waals surface area contributed by atoms with Crippen molar-refractivity contribution in [2.75, 3.05) is 6.54 Å². The summed E-state index contributed by atoms with van der Waals surface area (Å²) in [6, 6.07) is 5.33. The Morgan fingerprint density at radius 1 is 1.16 bits per heavy atom. The first-order valence-corrected chi connectivity index (χ1v) is 10.8. The van der Waals surface area contributed by atoms with Gasteiger partial charge < -0.3 is 0 Å². The minimum absolute atomic E-state index is 0.221. The molecule has 1 aromatic carbocycles. The maximum Gasteiger partial charge on any atom is 0.289 e. The molecule has 1 saturated heterocycles. The minimum atomic E-state index is -3.92. The lowest BCUT2D eigenvalue weighted by molar-refractivity contribution is -0.387. The molecule has 8 heteroatoms. The van der Waals surface area contributed by atoms with Crippen LogP contribution in [0.25, 0.3) is 0 Å². The Bertz CT molecular complexity index is 799. The average Bonchev–Trinajstić information content (AvgIpc) is 3.12. The van der Waals surface area contributed by atoms with Crippen LogP contribution in [0.2, 0.25) is 0 Å². The van der Waals surface area contributed by atoms with Crippen molar-refractivity contribution in [3.8, 4) is 0 Å². The third-order valence-corrected chi connectivity index (χ3v) is 7.98. The summed E-state index contributed by atoms with van der Waals surface area (Å²) < 4.78 is 28.7. The maximum atomic E-state index is 13.1. The van der Waals surface area contributed by atoms with Crippen LogP contribution < -0.4 is 0 Å². The Labute approximate surface area is 156 Å². The summed E-state index contributed by atoms with van der Waals surface area (Å²) in [7, 11) is -3.92. The van der Waals surface area contributed by atoms with Crippen LogP contribution in [-0.2, 0) is 10.0 Å². The highest BCUT2D eigenvalue weighted by molar-refractivity contribution is 9.11. The second-order valence-corrected chi connectivity index (χ2v) is 9.22. The minimum Gasteiger partial charge on any atom is -0.258 e. The Kier molecular flexibility index (Phi) is 5.60. The molecule has 1 heterocycles. The number of halogens is 1. The summed E-state index contributed by atoms with van der Waals surface area (Å²) in [6.07, 6.45) is 6.97. The molecule has 1 atom stereocenters. The molecule has 1 aromatic rings. The molecule has 136 valence electrons. The number of allylic oxidation sites excluding steroid dienone is 1. The highest BCUT2D eigenvalue weighted by atomic mass is 79.9. The van der Waals surface area contributed by atoms with Crippen molar-refractivity contribution >= 4 is 31.6 Å². The van der Waals surface area contributed by atoms with Crippen molar-refractivity contribution in [1.29, 1.82) is 0 Å². The number of nitro groups is 1. The van der Waals surface area contributed by atoms with E-state index < -0.39 is 14.9 Å². The molecule has 2 aliphatic rings. The summed E-state index contributed by atoms with van der Waals surface area (Å²) in [6.45, 7) is 0.390. The van der Waals surface area contributed by atoms with E-state index in [1.807, 2.05) is 0 Å². The first-order valence-electron chi connectivity index (χ1n) is 8.55. The van der Waals surface area contributed by atoms with Crippen LogP contribution in [0.4, 0.5) is 5.69 Å². The highest BCUT2D eigenvalue weighted by Crippen LogP contribution is 2.39. The van der Waals surface area contributed by atoms with Crippen molar-refractivity contribution in [1.82, 2.24) is 4.31 Å². The zero-order chi connectivity index (χ0) is 18.0. The first-order chi connectivity index (χ1) is 11.9. The van der Waals surface area contributed by atoms with E-state index in [1.165, 1.54) is 40.6 Å². The van der Waals surface area contributed by atoms with E-state index >= 15 is 0 Å². The molecular formula is C17H21BrN2O4S. The third kappa shape index (κ3) is 3.66. The number of sulfonamides is 1. The highest BCUT2D eigenvalue weighted by Gasteiger charge is 2.40. The molecule has 0 N–H and O–H groups in total. The lowest BCUT2D eigenvalue weighted by atomic mass is 9.93. The Balaban J connectivity index is 1.98. The summed E-state index contributed by atoms with van der Waals surface area (Å²) >= 11 is 3.66. The largest absolute Gasteiger partial charge is 0.289 e. The van der Waals surface area contributed by atoms with Gasteiger partial charge in [-0.2, -0.15) is 4.31 Å². The van der Waals surface area contributed by atoms with Crippen LogP contribution in [0, 0.1) is 10.1 Å². The maximum absolute atomic E-state index is 13.1. The Morgan fingerprint density at radius 2 is 1.84 bits per heavy atom. The van der Waals surface area contributed by atoms with Crippen LogP contribution >= 0.6 is 15.9 Å². The van der Waals surface area contributed by atoms with Crippen LogP contribution in [0.5, 0.6) is 0 Å². The summed E-state index contributed by atoms with van der Waals surface area (Å²) in [4.78, 5) is 10.4. The van der Waals surface area contributed by atoms with E-state index in [-0.39, 0.29) is 16.6 Å². The molecule has 0 amide bonds. The molecule has 1 saturated carbocycles. The topological polar surface area (TPSA) is 80.5 Å². The number of benzene rings is 1. The predicted molar refractivity (Wildman–Crippen MR) is 99.0 cm³/mol. The van der Waals surface area contributed by atoms with Gasteiger partial charge in [0.05, 0.1) is 11.0 Å². The Hall–Kier alpha value is -1.25. The monoisotopic (exact) mass is 428 g/mol. The summed E-state index contributed by atoms with van der Waals surface area (Å²) in [5.74, 6) is 0. The van der Waals surface area contributed by atoms with Gasteiger partial charge in [0.1, 0.15) is 0 Å². The lowest BCUT2D eigenvalue weighted by Gasteiger charge is -2.27. The molecule has 25 heavy (non-hydrogen) atoms. The predicted octanol–water partition coefficient (Wildman–Crippen LogP) is 4.36.